The first-order valence-electron chi connectivity index (χ1n) is 6.82. The van der Waals surface area contributed by atoms with Crippen LogP contribution in [0.4, 0.5) is 8.78 Å². The van der Waals surface area contributed by atoms with Crippen LogP contribution < -0.4 is 5.73 Å². The van der Waals surface area contributed by atoms with Crippen molar-refractivity contribution in [3.8, 4) is 0 Å². The third-order valence-corrected chi connectivity index (χ3v) is 4.20. The van der Waals surface area contributed by atoms with Gasteiger partial charge in [0.05, 0.1) is 4.47 Å². The first kappa shape index (κ1) is 16.1. The largest absolute Gasteiger partial charge is 0.327 e. The summed E-state index contributed by atoms with van der Waals surface area (Å²) in [5.74, 6) is -1.11. The maximum Gasteiger partial charge on any atom is 0.143 e. The Labute approximate surface area is 132 Å². The molecule has 21 heavy (non-hydrogen) atoms. The third kappa shape index (κ3) is 3.89. The van der Waals surface area contributed by atoms with Gasteiger partial charge in [-0.15, -0.1) is 0 Å². The van der Waals surface area contributed by atoms with Gasteiger partial charge in [0, 0.05) is 11.6 Å². The summed E-state index contributed by atoms with van der Waals surface area (Å²) in [7, 11) is 0. The molecule has 2 aromatic rings. The molecule has 0 heterocycles. The third-order valence-electron chi connectivity index (χ3n) is 3.59. The number of nitrogens with two attached hydrogens (primary N) is 1. The summed E-state index contributed by atoms with van der Waals surface area (Å²) in [5.41, 5.74) is 9.56. The molecule has 0 aliphatic heterocycles. The van der Waals surface area contributed by atoms with Crippen molar-refractivity contribution in [2.75, 3.05) is 0 Å². The molecule has 0 bridgehead atoms. The maximum absolute atomic E-state index is 14.0. The minimum absolute atomic E-state index is 0.0437. The van der Waals surface area contributed by atoms with E-state index in [1.54, 1.807) is 0 Å². The Morgan fingerprint density at radius 3 is 2.52 bits per heavy atom. The van der Waals surface area contributed by atoms with E-state index >= 15 is 0 Å². The van der Waals surface area contributed by atoms with E-state index in [0.717, 1.165) is 16.7 Å². The molecule has 0 amide bonds. The van der Waals surface area contributed by atoms with Gasteiger partial charge in [-0.2, -0.15) is 0 Å². The van der Waals surface area contributed by atoms with Crippen LogP contribution in [0, 0.1) is 25.5 Å². The smallest absolute Gasteiger partial charge is 0.143 e. The van der Waals surface area contributed by atoms with Gasteiger partial charge < -0.3 is 5.73 Å². The average molecular weight is 354 g/mol. The van der Waals surface area contributed by atoms with Crippen molar-refractivity contribution in [3.05, 3.63) is 68.7 Å². The fourth-order valence-electron chi connectivity index (χ4n) is 2.39. The van der Waals surface area contributed by atoms with E-state index in [-0.39, 0.29) is 22.5 Å². The van der Waals surface area contributed by atoms with Crippen LogP contribution in [0.3, 0.4) is 0 Å². The molecule has 0 aliphatic rings. The molecule has 0 saturated heterocycles. The molecule has 0 aromatic heterocycles. The Kier molecular flexibility index (Phi) is 5.12. The van der Waals surface area contributed by atoms with Gasteiger partial charge in [-0.3, -0.25) is 0 Å². The lowest BCUT2D eigenvalue weighted by Gasteiger charge is -2.15. The van der Waals surface area contributed by atoms with Crippen LogP contribution in [0.5, 0.6) is 0 Å². The zero-order valence-electron chi connectivity index (χ0n) is 12.1. The molecule has 112 valence electrons. The molecular weight excluding hydrogens is 336 g/mol. The zero-order valence-corrected chi connectivity index (χ0v) is 13.7. The van der Waals surface area contributed by atoms with E-state index in [1.165, 1.54) is 12.1 Å². The molecule has 1 atom stereocenters. The van der Waals surface area contributed by atoms with Gasteiger partial charge in [0.2, 0.25) is 0 Å². The highest BCUT2D eigenvalue weighted by Gasteiger charge is 2.16. The van der Waals surface area contributed by atoms with Crippen LogP contribution in [0.1, 0.15) is 22.3 Å². The van der Waals surface area contributed by atoms with E-state index in [1.807, 2.05) is 26.0 Å². The van der Waals surface area contributed by atoms with Gasteiger partial charge >= 0.3 is 0 Å². The van der Waals surface area contributed by atoms with Crippen LogP contribution in [0.15, 0.2) is 34.8 Å². The Morgan fingerprint density at radius 2 is 1.81 bits per heavy atom. The summed E-state index contributed by atoms with van der Waals surface area (Å²) in [4.78, 5) is 0. The van der Waals surface area contributed by atoms with Crippen molar-refractivity contribution in [2.45, 2.75) is 32.7 Å². The predicted molar refractivity (Wildman–Crippen MR) is 85.4 cm³/mol. The van der Waals surface area contributed by atoms with E-state index in [0.29, 0.717) is 6.42 Å². The summed E-state index contributed by atoms with van der Waals surface area (Å²) in [6.45, 7) is 4.03. The maximum atomic E-state index is 14.0. The van der Waals surface area contributed by atoms with Gasteiger partial charge in [-0.05, 0) is 65.9 Å². The standard InChI is InChI=1S/C17H18BrF2N/c1-10-3-4-11(2)12(7-10)8-13(21)9-14-16(19)6-5-15(18)17(14)20/h3-7,13H,8-9,21H2,1-2H3. The van der Waals surface area contributed by atoms with E-state index < -0.39 is 11.6 Å². The molecule has 1 nitrogen and oxygen atoms in total. The highest BCUT2D eigenvalue weighted by molar-refractivity contribution is 9.10. The van der Waals surface area contributed by atoms with Crippen molar-refractivity contribution in [1.82, 2.24) is 0 Å². The lowest BCUT2D eigenvalue weighted by Crippen LogP contribution is -2.27. The molecule has 4 heteroatoms. The molecule has 0 radical (unpaired) electrons. The number of halogens is 3. The first-order chi connectivity index (χ1) is 9.88. The normalized spacial score (nSPS) is 12.5. The summed E-state index contributed by atoms with van der Waals surface area (Å²) < 4.78 is 28.0. The summed E-state index contributed by atoms with van der Waals surface area (Å²) in [6.07, 6.45) is 0.767. The Bertz CT molecular complexity index is 655. The molecular formula is C17H18BrF2N. The van der Waals surface area contributed by atoms with Crippen molar-refractivity contribution in [2.24, 2.45) is 5.73 Å². The second-order valence-electron chi connectivity index (χ2n) is 5.42. The van der Waals surface area contributed by atoms with Gasteiger partial charge in [0.1, 0.15) is 11.6 Å². The van der Waals surface area contributed by atoms with Crippen molar-refractivity contribution < 1.29 is 8.78 Å². The van der Waals surface area contributed by atoms with Crippen LogP contribution in [-0.2, 0) is 12.8 Å². The van der Waals surface area contributed by atoms with Gasteiger partial charge in [0.25, 0.3) is 0 Å². The number of benzene rings is 2. The molecule has 0 aliphatic carbocycles. The zero-order chi connectivity index (χ0) is 15.6. The van der Waals surface area contributed by atoms with Gasteiger partial charge in [-0.25, -0.2) is 8.78 Å². The predicted octanol–water partition coefficient (Wildman–Crippen LogP) is 4.46. The molecule has 0 spiro atoms. The molecule has 2 rings (SSSR count). The SMILES string of the molecule is Cc1ccc(C)c(CC(N)Cc2c(F)ccc(Br)c2F)c1. The number of hydrogen-bond acceptors (Lipinski definition) is 1. The van der Waals surface area contributed by atoms with Crippen molar-refractivity contribution in [1.29, 1.82) is 0 Å². The molecule has 2 aromatic carbocycles. The Balaban J connectivity index is 2.17. The Morgan fingerprint density at radius 1 is 1.10 bits per heavy atom. The highest BCUT2D eigenvalue weighted by atomic mass is 79.9. The summed E-state index contributed by atoms with van der Waals surface area (Å²) >= 11 is 3.08. The number of aryl methyl sites for hydroxylation is 2. The van der Waals surface area contributed by atoms with Crippen molar-refractivity contribution in [3.63, 3.8) is 0 Å². The molecule has 0 fully saturated rings. The minimum Gasteiger partial charge on any atom is -0.327 e. The van der Waals surface area contributed by atoms with E-state index in [4.69, 9.17) is 5.73 Å². The second-order valence-corrected chi connectivity index (χ2v) is 6.27. The minimum atomic E-state index is -0.564. The highest BCUT2D eigenvalue weighted by Crippen LogP contribution is 2.23. The summed E-state index contributed by atoms with van der Waals surface area (Å²) in [6, 6.07) is 8.44. The quantitative estimate of drug-likeness (QED) is 0.807. The van der Waals surface area contributed by atoms with Crippen LogP contribution in [0.25, 0.3) is 0 Å². The van der Waals surface area contributed by atoms with Crippen LogP contribution in [0.2, 0.25) is 0 Å². The fourth-order valence-corrected chi connectivity index (χ4v) is 2.76. The monoisotopic (exact) mass is 353 g/mol. The number of rotatable bonds is 4. The number of hydrogen-bond donors (Lipinski definition) is 1. The first-order valence-corrected chi connectivity index (χ1v) is 7.62. The molecule has 2 N–H and O–H groups in total. The fraction of sp³-hybridized carbons (Fsp3) is 0.294. The van der Waals surface area contributed by atoms with E-state index in [9.17, 15) is 8.78 Å². The van der Waals surface area contributed by atoms with Crippen molar-refractivity contribution >= 4 is 15.9 Å². The van der Waals surface area contributed by atoms with Crippen LogP contribution in [-0.4, -0.2) is 6.04 Å². The summed E-state index contributed by atoms with van der Waals surface area (Å²) in [5, 5.41) is 0. The molecule has 0 saturated carbocycles. The topological polar surface area (TPSA) is 26.0 Å². The Hall–Kier alpha value is -1.26. The van der Waals surface area contributed by atoms with Crippen LogP contribution >= 0.6 is 15.9 Å². The molecule has 1 unspecified atom stereocenters. The second kappa shape index (κ2) is 6.67. The lowest BCUT2D eigenvalue weighted by atomic mass is 9.95. The van der Waals surface area contributed by atoms with E-state index in [2.05, 4.69) is 22.0 Å². The average Bonchev–Trinajstić information content (AvgIpc) is 2.43. The van der Waals surface area contributed by atoms with Gasteiger partial charge in [0.15, 0.2) is 0 Å². The van der Waals surface area contributed by atoms with Gasteiger partial charge in [-0.1, -0.05) is 23.8 Å². The lowest BCUT2D eigenvalue weighted by molar-refractivity contribution is 0.530.